The Morgan fingerprint density at radius 3 is 2.34 bits per heavy atom. The molecule has 3 aromatic rings. The van der Waals surface area contributed by atoms with Gasteiger partial charge in [0.1, 0.15) is 23.9 Å². The Balaban J connectivity index is 1.68. The Morgan fingerprint density at radius 2 is 1.71 bits per heavy atom. The van der Waals surface area contributed by atoms with Crippen LogP contribution in [0.3, 0.4) is 0 Å². The Hall–Kier alpha value is -4.10. The van der Waals surface area contributed by atoms with Crippen LogP contribution in [-0.4, -0.2) is 60.9 Å². The van der Waals surface area contributed by atoms with Crippen LogP contribution in [0.1, 0.15) is 34.7 Å². The fourth-order valence-electron chi connectivity index (χ4n) is 4.65. The first-order chi connectivity index (χ1) is 18.3. The number of ketones is 1. The molecule has 0 saturated carbocycles. The SMILES string of the molecule is COc1ccc(C2/C(=C(/O)c3ccc(OCc4ccccc4)c(C)c3)C(=O)C(=O)N2CCCN(C)C)cc1. The molecule has 1 atom stereocenters. The molecule has 1 aliphatic heterocycles. The van der Waals surface area contributed by atoms with E-state index in [1.165, 1.54) is 0 Å². The second-order valence-corrected chi connectivity index (χ2v) is 9.68. The molecule has 1 N–H and O–H groups in total. The van der Waals surface area contributed by atoms with E-state index in [1.54, 1.807) is 42.3 Å². The highest BCUT2D eigenvalue weighted by atomic mass is 16.5. The van der Waals surface area contributed by atoms with E-state index < -0.39 is 17.7 Å². The predicted molar refractivity (Wildman–Crippen MR) is 147 cm³/mol. The lowest BCUT2D eigenvalue weighted by atomic mass is 9.94. The fourth-order valence-corrected chi connectivity index (χ4v) is 4.65. The smallest absolute Gasteiger partial charge is 0.295 e. The maximum Gasteiger partial charge on any atom is 0.295 e. The maximum atomic E-state index is 13.3. The minimum Gasteiger partial charge on any atom is -0.507 e. The molecule has 7 heteroatoms. The van der Waals surface area contributed by atoms with Gasteiger partial charge in [0, 0.05) is 12.1 Å². The second kappa shape index (κ2) is 12.0. The van der Waals surface area contributed by atoms with Crippen molar-refractivity contribution in [3.8, 4) is 11.5 Å². The molecule has 7 nitrogen and oxygen atoms in total. The van der Waals surface area contributed by atoms with Gasteiger partial charge in [0.2, 0.25) is 0 Å². The van der Waals surface area contributed by atoms with Crippen LogP contribution in [0.25, 0.3) is 5.76 Å². The van der Waals surface area contributed by atoms with E-state index in [2.05, 4.69) is 0 Å². The molecule has 1 unspecified atom stereocenters. The van der Waals surface area contributed by atoms with Crippen LogP contribution in [0, 0.1) is 6.92 Å². The van der Waals surface area contributed by atoms with Gasteiger partial charge in [-0.25, -0.2) is 0 Å². The summed E-state index contributed by atoms with van der Waals surface area (Å²) in [7, 11) is 5.51. The molecule has 1 amide bonds. The van der Waals surface area contributed by atoms with Crippen molar-refractivity contribution in [2.75, 3.05) is 34.3 Å². The van der Waals surface area contributed by atoms with E-state index in [9.17, 15) is 14.7 Å². The van der Waals surface area contributed by atoms with E-state index in [0.29, 0.717) is 36.6 Å². The van der Waals surface area contributed by atoms with Crippen molar-refractivity contribution >= 4 is 17.4 Å². The van der Waals surface area contributed by atoms with Crippen LogP contribution in [0.4, 0.5) is 0 Å². The van der Waals surface area contributed by atoms with Crippen LogP contribution < -0.4 is 9.47 Å². The lowest BCUT2D eigenvalue weighted by molar-refractivity contribution is -0.139. The van der Waals surface area contributed by atoms with Gasteiger partial charge in [-0.3, -0.25) is 9.59 Å². The van der Waals surface area contributed by atoms with Gasteiger partial charge < -0.3 is 24.4 Å². The summed E-state index contributed by atoms with van der Waals surface area (Å²) < 4.78 is 11.3. The number of amides is 1. The zero-order chi connectivity index (χ0) is 27.2. The van der Waals surface area contributed by atoms with Gasteiger partial charge in [-0.1, -0.05) is 42.5 Å². The summed E-state index contributed by atoms with van der Waals surface area (Å²) in [5, 5.41) is 11.4. The molecule has 0 bridgehead atoms. The highest BCUT2D eigenvalue weighted by Crippen LogP contribution is 2.40. The molecule has 1 fully saturated rings. The average Bonchev–Trinajstić information content (AvgIpc) is 3.17. The molecule has 0 aromatic heterocycles. The number of ether oxygens (including phenoxy) is 2. The molecule has 38 heavy (non-hydrogen) atoms. The molecule has 0 aliphatic carbocycles. The van der Waals surface area contributed by atoms with Crippen LogP contribution in [0.5, 0.6) is 11.5 Å². The normalized spacial score (nSPS) is 16.8. The van der Waals surface area contributed by atoms with Gasteiger partial charge in [-0.15, -0.1) is 0 Å². The summed E-state index contributed by atoms with van der Waals surface area (Å²) in [4.78, 5) is 30.0. The topological polar surface area (TPSA) is 79.3 Å². The number of hydrogen-bond donors (Lipinski definition) is 1. The number of carbonyl (C=O) groups is 2. The van der Waals surface area contributed by atoms with Crippen molar-refractivity contribution in [2.24, 2.45) is 0 Å². The number of aliphatic hydroxyl groups is 1. The Kier molecular flexibility index (Phi) is 8.48. The lowest BCUT2D eigenvalue weighted by Gasteiger charge is -2.26. The highest BCUT2D eigenvalue weighted by molar-refractivity contribution is 6.46. The lowest BCUT2D eigenvalue weighted by Crippen LogP contribution is -2.32. The first-order valence-corrected chi connectivity index (χ1v) is 12.6. The number of Topliss-reactive ketones (excluding diaryl/α,β-unsaturated/α-hetero) is 1. The van der Waals surface area contributed by atoms with E-state index in [1.807, 2.05) is 68.4 Å². The third-order valence-corrected chi connectivity index (χ3v) is 6.66. The number of aliphatic hydroxyl groups excluding tert-OH is 1. The number of hydrogen-bond acceptors (Lipinski definition) is 6. The van der Waals surface area contributed by atoms with E-state index in [4.69, 9.17) is 9.47 Å². The molecule has 0 radical (unpaired) electrons. The van der Waals surface area contributed by atoms with Crippen LogP contribution in [0.15, 0.2) is 78.4 Å². The molecule has 198 valence electrons. The number of carbonyl (C=O) groups excluding carboxylic acids is 2. The molecular formula is C31H34N2O5. The zero-order valence-electron chi connectivity index (χ0n) is 22.3. The second-order valence-electron chi connectivity index (χ2n) is 9.68. The van der Waals surface area contributed by atoms with Crippen molar-refractivity contribution < 1.29 is 24.2 Å². The average molecular weight is 515 g/mol. The number of benzene rings is 3. The highest BCUT2D eigenvalue weighted by Gasteiger charge is 2.45. The Labute approximate surface area is 223 Å². The maximum absolute atomic E-state index is 13.3. The summed E-state index contributed by atoms with van der Waals surface area (Å²) in [5.41, 5.74) is 3.14. The standard InChI is InChI=1S/C31H34N2O5/c1-21-19-24(13-16-26(21)38-20-22-9-6-5-7-10-22)29(34)27-28(23-11-14-25(37-4)15-12-23)33(31(36)30(27)35)18-8-17-32(2)3/h5-7,9-16,19,28,34H,8,17-18,20H2,1-4H3/b29-27-. The third kappa shape index (κ3) is 5.89. The molecule has 3 aromatic carbocycles. The quantitative estimate of drug-likeness (QED) is 0.234. The molecule has 1 aliphatic rings. The van der Waals surface area contributed by atoms with Crippen molar-refractivity contribution in [1.29, 1.82) is 0 Å². The van der Waals surface area contributed by atoms with E-state index in [0.717, 1.165) is 23.2 Å². The van der Waals surface area contributed by atoms with Gasteiger partial charge in [-0.05, 0) is 81.0 Å². The minimum absolute atomic E-state index is 0.0855. The Bertz CT molecular complexity index is 1320. The third-order valence-electron chi connectivity index (χ3n) is 6.66. The van der Waals surface area contributed by atoms with Crippen LogP contribution >= 0.6 is 0 Å². The van der Waals surface area contributed by atoms with Crippen LogP contribution in [-0.2, 0) is 16.2 Å². The van der Waals surface area contributed by atoms with Crippen LogP contribution in [0.2, 0.25) is 0 Å². The van der Waals surface area contributed by atoms with E-state index >= 15 is 0 Å². The van der Waals surface area contributed by atoms with Gasteiger partial charge in [0.15, 0.2) is 0 Å². The molecule has 4 rings (SSSR count). The molecule has 1 saturated heterocycles. The number of likely N-dealkylation sites (tertiary alicyclic amines) is 1. The van der Waals surface area contributed by atoms with Crippen molar-refractivity contribution in [2.45, 2.75) is 26.0 Å². The summed E-state index contributed by atoms with van der Waals surface area (Å²) in [6, 6.07) is 21.7. The van der Waals surface area contributed by atoms with Gasteiger partial charge >= 0.3 is 0 Å². The van der Waals surface area contributed by atoms with Crippen molar-refractivity contribution in [3.63, 3.8) is 0 Å². The largest absolute Gasteiger partial charge is 0.507 e. The van der Waals surface area contributed by atoms with Gasteiger partial charge in [0.05, 0.1) is 18.7 Å². The summed E-state index contributed by atoms with van der Waals surface area (Å²) in [6.45, 7) is 3.46. The van der Waals surface area contributed by atoms with Gasteiger partial charge in [0.25, 0.3) is 11.7 Å². The first kappa shape index (κ1) is 26.9. The van der Waals surface area contributed by atoms with Crippen molar-refractivity contribution in [1.82, 2.24) is 9.80 Å². The predicted octanol–water partition coefficient (Wildman–Crippen LogP) is 4.96. The number of methoxy groups -OCH3 is 1. The molecule has 0 spiro atoms. The number of rotatable bonds is 10. The summed E-state index contributed by atoms with van der Waals surface area (Å²) in [5.74, 6) is -0.140. The number of nitrogens with zero attached hydrogens (tertiary/aromatic N) is 2. The molecular weight excluding hydrogens is 480 g/mol. The number of aryl methyl sites for hydroxylation is 1. The Morgan fingerprint density at radius 1 is 1.00 bits per heavy atom. The van der Waals surface area contributed by atoms with Crippen molar-refractivity contribution in [3.05, 3.63) is 101 Å². The van der Waals surface area contributed by atoms with Gasteiger partial charge in [-0.2, -0.15) is 0 Å². The first-order valence-electron chi connectivity index (χ1n) is 12.6. The summed E-state index contributed by atoms with van der Waals surface area (Å²) in [6.07, 6.45) is 0.694. The summed E-state index contributed by atoms with van der Waals surface area (Å²) >= 11 is 0. The zero-order valence-corrected chi connectivity index (χ0v) is 22.3. The minimum atomic E-state index is -0.697. The van der Waals surface area contributed by atoms with E-state index in [-0.39, 0.29) is 11.3 Å². The molecule has 1 heterocycles. The monoisotopic (exact) mass is 514 g/mol. The fraction of sp³-hybridized carbons (Fsp3) is 0.290.